The van der Waals surface area contributed by atoms with Crippen LogP contribution in [0.15, 0.2) is 35.5 Å². The lowest BCUT2D eigenvalue weighted by Gasteiger charge is -2.12. The zero-order valence-electron chi connectivity index (χ0n) is 10.7. The van der Waals surface area contributed by atoms with E-state index in [1.807, 2.05) is 0 Å². The minimum absolute atomic E-state index is 0.146. The van der Waals surface area contributed by atoms with E-state index in [-0.39, 0.29) is 5.69 Å². The van der Waals surface area contributed by atoms with Crippen molar-refractivity contribution >= 4 is 21.4 Å². The Morgan fingerprint density at radius 3 is 2.33 bits per heavy atom. The summed E-state index contributed by atoms with van der Waals surface area (Å²) in [5.74, 6) is -3.88. The molecule has 112 valence electrons. The maximum atomic E-state index is 13.5. The van der Waals surface area contributed by atoms with Crippen LogP contribution in [0.1, 0.15) is 0 Å². The molecule has 1 aromatic heterocycles. The van der Waals surface area contributed by atoms with Gasteiger partial charge in [-0.2, -0.15) is 8.42 Å². The molecule has 0 atom stereocenters. The second-order valence-corrected chi connectivity index (χ2v) is 5.55. The lowest BCUT2D eigenvalue weighted by Crippen LogP contribution is -2.18. The molecule has 0 aliphatic carbocycles. The second kappa shape index (κ2) is 5.60. The molecule has 1 aromatic carbocycles. The molecule has 0 aliphatic heterocycles. The third kappa shape index (κ3) is 3.07. The van der Waals surface area contributed by atoms with Gasteiger partial charge in [0.05, 0.1) is 5.69 Å². The third-order valence-electron chi connectivity index (χ3n) is 2.54. The van der Waals surface area contributed by atoms with E-state index in [9.17, 15) is 21.6 Å². The van der Waals surface area contributed by atoms with Crippen LogP contribution >= 0.6 is 0 Å². The third-order valence-corrected chi connectivity index (χ3v) is 3.85. The van der Waals surface area contributed by atoms with E-state index in [0.717, 1.165) is 0 Å². The fourth-order valence-electron chi connectivity index (χ4n) is 1.62. The van der Waals surface area contributed by atoms with Gasteiger partial charge in [0.15, 0.2) is 16.7 Å². The predicted octanol–water partition coefficient (Wildman–Crippen LogP) is 2.34. The van der Waals surface area contributed by atoms with Crippen molar-refractivity contribution in [1.29, 1.82) is 0 Å². The van der Waals surface area contributed by atoms with Gasteiger partial charge in [-0.15, -0.1) is 0 Å². The van der Waals surface area contributed by atoms with Crippen LogP contribution in [0.4, 0.5) is 24.5 Å². The van der Waals surface area contributed by atoms with Crippen molar-refractivity contribution < 1.29 is 21.6 Å². The van der Waals surface area contributed by atoms with Crippen molar-refractivity contribution in [2.45, 2.75) is 5.03 Å². The molecule has 5 nitrogen and oxygen atoms in total. The smallest absolute Gasteiger partial charge is 0.281 e. The summed E-state index contributed by atoms with van der Waals surface area (Å²) in [6, 6.07) is 3.67. The van der Waals surface area contributed by atoms with Crippen LogP contribution < -0.4 is 10.0 Å². The molecule has 2 aromatic rings. The largest absolute Gasteiger partial charge is 0.386 e. The van der Waals surface area contributed by atoms with Gasteiger partial charge in [-0.25, -0.2) is 18.2 Å². The first-order valence-electron chi connectivity index (χ1n) is 5.65. The van der Waals surface area contributed by atoms with Crippen LogP contribution in [0.3, 0.4) is 0 Å². The number of nitrogens with one attached hydrogen (secondary N) is 2. The number of nitrogens with zero attached hydrogens (tertiary/aromatic N) is 1. The molecule has 9 heteroatoms. The summed E-state index contributed by atoms with van der Waals surface area (Å²) in [4.78, 5) is 3.66. The lowest BCUT2D eigenvalue weighted by atomic mass is 10.3. The molecule has 0 unspecified atom stereocenters. The number of hydrogen-bond donors (Lipinski definition) is 2. The zero-order valence-corrected chi connectivity index (χ0v) is 11.5. The monoisotopic (exact) mass is 317 g/mol. The average Bonchev–Trinajstić information content (AvgIpc) is 2.43. The van der Waals surface area contributed by atoms with Crippen LogP contribution in [0.25, 0.3) is 0 Å². The summed E-state index contributed by atoms with van der Waals surface area (Å²) in [5, 5.41) is 2.16. The topological polar surface area (TPSA) is 71.1 Å². The molecule has 21 heavy (non-hydrogen) atoms. The van der Waals surface area contributed by atoms with Crippen LogP contribution in [0.2, 0.25) is 0 Å². The maximum Gasteiger partial charge on any atom is 0.281 e. The highest BCUT2D eigenvalue weighted by molar-refractivity contribution is 7.92. The highest BCUT2D eigenvalue weighted by Gasteiger charge is 2.23. The van der Waals surface area contributed by atoms with E-state index in [1.54, 1.807) is 4.72 Å². The van der Waals surface area contributed by atoms with E-state index >= 15 is 0 Å². The summed E-state index contributed by atoms with van der Waals surface area (Å²) >= 11 is 0. The Hall–Kier alpha value is -2.29. The molecule has 0 amide bonds. The Kier molecular flexibility index (Phi) is 4.03. The van der Waals surface area contributed by atoms with E-state index < -0.39 is 38.2 Å². The molecule has 2 rings (SSSR count). The lowest BCUT2D eigenvalue weighted by molar-refractivity contribution is 0.547. The predicted molar refractivity (Wildman–Crippen MR) is 70.9 cm³/mol. The molecule has 0 fully saturated rings. The van der Waals surface area contributed by atoms with Crippen molar-refractivity contribution in [1.82, 2.24) is 4.98 Å². The highest BCUT2D eigenvalue weighted by atomic mass is 32.2. The van der Waals surface area contributed by atoms with Crippen molar-refractivity contribution in [2.24, 2.45) is 0 Å². The van der Waals surface area contributed by atoms with Gasteiger partial charge in [-0.3, -0.25) is 4.72 Å². The Morgan fingerprint density at radius 2 is 1.76 bits per heavy atom. The Bertz CT molecular complexity index is 758. The van der Waals surface area contributed by atoms with Gasteiger partial charge in [0.1, 0.15) is 11.5 Å². The Balaban J connectivity index is 2.48. The summed E-state index contributed by atoms with van der Waals surface area (Å²) in [7, 11) is -2.87. The molecule has 0 radical (unpaired) electrons. The SMILES string of the molecule is CNc1cccnc1S(=O)(=O)Nc1c(F)cc(F)cc1F. The van der Waals surface area contributed by atoms with Crippen LogP contribution in [0.5, 0.6) is 0 Å². The second-order valence-electron chi connectivity index (χ2n) is 3.96. The number of anilines is 2. The van der Waals surface area contributed by atoms with Gasteiger partial charge >= 0.3 is 0 Å². The number of pyridine rings is 1. The summed E-state index contributed by atoms with van der Waals surface area (Å²) in [6.45, 7) is 0. The number of aromatic nitrogens is 1. The van der Waals surface area contributed by atoms with E-state index in [0.29, 0.717) is 12.1 Å². The van der Waals surface area contributed by atoms with E-state index in [1.165, 1.54) is 25.4 Å². The Morgan fingerprint density at radius 1 is 1.14 bits per heavy atom. The van der Waals surface area contributed by atoms with Crippen LogP contribution in [0, 0.1) is 17.5 Å². The summed E-state index contributed by atoms with van der Waals surface area (Å²) in [6.07, 6.45) is 1.22. The van der Waals surface area contributed by atoms with E-state index in [4.69, 9.17) is 0 Å². The molecular weight excluding hydrogens is 307 g/mol. The quantitative estimate of drug-likeness (QED) is 0.908. The van der Waals surface area contributed by atoms with Gasteiger partial charge in [0.25, 0.3) is 10.0 Å². The molecule has 0 aliphatic rings. The number of hydrogen-bond acceptors (Lipinski definition) is 4. The molecule has 0 saturated heterocycles. The van der Waals surface area contributed by atoms with Crippen molar-refractivity contribution in [3.8, 4) is 0 Å². The van der Waals surface area contributed by atoms with E-state index in [2.05, 4.69) is 10.3 Å². The summed E-state index contributed by atoms with van der Waals surface area (Å²) < 4.78 is 65.8. The number of halogens is 3. The van der Waals surface area contributed by atoms with Gasteiger partial charge in [0.2, 0.25) is 0 Å². The number of rotatable bonds is 4. The fourth-order valence-corrected chi connectivity index (χ4v) is 2.84. The minimum atomic E-state index is -4.34. The first-order valence-corrected chi connectivity index (χ1v) is 7.13. The van der Waals surface area contributed by atoms with Gasteiger partial charge in [-0.1, -0.05) is 0 Å². The molecule has 1 heterocycles. The first-order chi connectivity index (χ1) is 9.85. The molecular formula is C12H10F3N3O2S. The van der Waals surface area contributed by atoms with Crippen molar-refractivity contribution in [2.75, 3.05) is 17.1 Å². The highest BCUT2D eigenvalue weighted by Crippen LogP contribution is 2.25. The van der Waals surface area contributed by atoms with Crippen molar-refractivity contribution in [3.05, 3.63) is 47.9 Å². The minimum Gasteiger partial charge on any atom is -0.386 e. The normalized spacial score (nSPS) is 11.2. The summed E-state index contributed by atoms with van der Waals surface area (Å²) in [5.41, 5.74) is -0.822. The van der Waals surface area contributed by atoms with Gasteiger partial charge in [0, 0.05) is 25.4 Å². The van der Waals surface area contributed by atoms with Crippen LogP contribution in [-0.2, 0) is 10.0 Å². The number of benzene rings is 1. The fraction of sp³-hybridized carbons (Fsp3) is 0.0833. The molecule has 0 spiro atoms. The Labute approximate surface area is 118 Å². The standard InChI is InChI=1S/C12H10F3N3O2S/c1-16-10-3-2-4-17-12(10)21(19,20)18-11-8(14)5-7(13)6-9(11)15/h2-6,16,18H,1H3. The van der Waals surface area contributed by atoms with Gasteiger partial charge < -0.3 is 5.32 Å². The first kappa shape index (κ1) is 15.1. The molecule has 2 N–H and O–H groups in total. The maximum absolute atomic E-state index is 13.5. The molecule has 0 bridgehead atoms. The molecule has 0 saturated carbocycles. The number of sulfonamides is 1. The zero-order chi connectivity index (χ0) is 15.6. The van der Waals surface area contributed by atoms with Crippen LogP contribution in [-0.4, -0.2) is 20.4 Å². The average molecular weight is 317 g/mol. The van der Waals surface area contributed by atoms with Crippen molar-refractivity contribution in [3.63, 3.8) is 0 Å². The van der Waals surface area contributed by atoms with Gasteiger partial charge in [-0.05, 0) is 12.1 Å².